The summed E-state index contributed by atoms with van der Waals surface area (Å²) in [7, 11) is 0. The molecule has 1 atom stereocenters. The molecule has 0 aliphatic rings. The SMILES string of the molecule is Cc1cccc(C[C@H](Oc2cc(C)cc(C)c2)C(=O)O)c1. The topological polar surface area (TPSA) is 46.5 Å². The highest BCUT2D eigenvalue weighted by molar-refractivity contribution is 5.73. The van der Waals surface area contributed by atoms with Crippen LogP contribution in [0.2, 0.25) is 0 Å². The molecule has 0 spiro atoms. The zero-order valence-corrected chi connectivity index (χ0v) is 12.6. The molecule has 3 heteroatoms. The molecule has 2 aromatic carbocycles. The highest BCUT2D eigenvalue weighted by Gasteiger charge is 2.20. The van der Waals surface area contributed by atoms with Gasteiger partial charge >= 0.3 is 5.97 Å². The molecular weight excluding hydrogens is 264 g/mol. The zero-order chi connectivity index (χ0) is 15.4. The summed E-state index contributed by atoms with van der Waals surface area (Å²) in [4.78, 5) is 11.4. The second-order valence-electron chi connectivity index (χ2n) is 5.46. The van der Waals surface area contributed by atoms with E-state index in [1.165, 1.54) is 0 Å². The van der Waals surface area contributed by atoms with Gasteiger partial charge in [0.15, 0.2) is 6.10 Å². The van der Waals surface area contributed by atoms with E-state index in [-0.39, 0.29) is 0 Å². The van der Waals surface area contributed by atoms with E-state index in [1.807, 2.05) is 63.2 Å². The summed E-state index contributed by atoms with van der Waals surface area (Å²) in [6, 6.07) is 13.6. The number of rotatable bonds is 5. The smallest absolute Gasteiger partial charge is 0.345 e. The zero-order valence-electron chi connectivity index (χ0n) is 12.6. The van der Waals surface area contributed by atoms with Crippen molar-refractivity contribution in [2.45, 2.75) is 33.3 Å². The van der Waals surface area contributed by atoms with Gasteiger partial charge in [-0.05, 0) is 49.6 Å². The van der Waals surface area contributed by atoms with Crippen molar-refractivity contribution < 1.29 is 14.6 Å². The monoisotopic (exact) mass is 284 g/mol. The standard InChI is InChI=1S/C18H20O3/c1-12-5-4-6-15(8-12)11-17(18(19)20)21-16-9-13(2)7-14(3)10-16/h4-10,17H,11H2,1-3H3,(H,19,20)/t17-/m0/s1. The molecule has 2 rings (SSSR count). The first-order chi connectivity index (χ1) is 9.94. The Bertz CT molecular complexity index is 626. The molecule has 21 heavy (non-hydrogen) atoms. The first-order valence-corrected chi connectivity index (χ1v) is 6.97. The second-order valence-corrected chi connectivity index (χ2v) is 5.46. The van der Waals surface area contributed by atoms with Crippen LogP contribution < -0.4 is 4.74 Å². The fourth-order valence-corrected chi connectivity index (χ4v) is 2.40. The Balaban J connectivity index is 2.17. The van der Waals surface area contributed by atoms with Crippen molar-refractivity contribution in [3.05, 3.63) is 64.7 Å². The third-order valence-electron chi connectivity index (χ3n) is 3.25. The Kier molecular flexibility index (Phi) is 4.63. The van der Waals surface area contributed by atoms with Crippen molar-refractivity contribution in [2.24, 2.45) is 0 Å². The van der Waals surface area contributed by atoms with E-state index in [0.717, 1.165) is 22.3 Å². The van der Waals surface area contributed by atoms with Gasteiger partial charge in [-0.1, -0.05) is 35.9 Å². The van der Waals surface area contributed by atoms with E-state index in [1.54, 1.807) is 0 Å². The molecule has 0 aliphatic heterocycles. The van der Waals surface area contributed by atoms with Crippen LogP contribution in [0.3, 0.4) is 0 Å². The first-order valence-electron chi connectivity index (χ1n) is 6.97. The third kappa shape index (κ3) is 4.35. The molecule has 1 N–H and O–H groups in total. The molecule has 110 valence electrons. The Labute approximate surface area is 125 Å². The van der Waals surface area contributed by atoms with Crippen molar-refractivity contribution in [2.75, 3.05) is 0 Å². The van der Waals surface area contributed by atoms with Crippen molar-refractivity contribution >= 4 is 5.97 Å². The Hall–Kier alpha value is -2.29. The van der Waals surface area contributed by atoms with Gasteiger partial charge in [0.25, 0.3) is 0 Å². The summed E-state index contributed by atoms with van der Waals surface area (Å²) < 4.78 is 5.68. The van der Waals surface area contributed by atoms with Crippen molar-refractivity contribution in [1.29, 1.82) is 0 Å². The number of carbonyl (C=O) groups is 1. The van der Waals surface area contributed by atoms with Crippen molar-refractivity contribution in [3.63, 3.8) is 0 Å². The lowest BCUT2D eigenvalue weighted by atomic mass is 10.1. The van der Waals surface area contributed by atoms with Crippen LogP contribution in [0.15, 0.2) is 42.5 Å². The van der Waals surface area contributed by atoms with E-state index in [4.69, 9.17) is 4.74 Å². The maximum atomic E-state index is 11.4. The molecule has 0 bridgehead atoms. The summed E-state index contributed by atoms with van der Waals surface area (Å²) in [5.41, 5.74) is 4.20. The van der Waals surface area contributed by atoms with Crippen LogP contribution in [0.1, 0.15) is 22.3 Å². The Morgan fingerprint density at radius 1 is 1.05 bits per heavy atom. The van der Waals surface area contributed by atoms with E-state index in [2.05, 4.69) is 0 Å². The average Bonchev–Trinajstić information content (AvgIpc) is 2.36. The third-order valence-corrected chi connectivity index (χ3v) is 3.25. The number of hydrogen-bond donors (Lipinski definition) is 1. The lowest BCUT2D eigenvalue weighted by Gasteiger charge is -2.16. The van der Waals surface area contributed by atoms with Crippen LogP contribution >= 0.6 is 0 Å². The average molecular weight is 284 g/mol. The van der Waals surface area contributed by atoms with Crippen molar-refractivity contribution in [1.82, 2.24) is 0 Å². The molecule has 0 saturated carbocycles. The van der Waals surface area contributed by atoms with E-state index in [0.29, 0.717) is 12.2 Å². The number of aryl methyl sites for hydroxylation is 3. The normalized spacial score (nSPS) is 12.0. The molecule has 0 saturated heterocycles. The molecule has 0 amide bonds. The second kappa shape index (κ2) is 6.44. The maximum Gasteiger partial charge on any atom is 0.345 e. The van der Waals surface area contributed by atoms with Crippen molar-refractivity contribution in [3.8, 4) is 5.75 Å². The van der Waals surface area contributed by atoms with Crippen LogP contribution in [-0.2, 0) is 11.2 Å². The molecule has 3 nitrogen and oxygen atoms in total. The molecule has 0 fully saturated rings. The highest BCUT2D eigenvalue weighted by atomic mass is 16.5. The highest BCUT2D eigenvalue weighted by Crippen LogP contribution is 2.19. The fraction of sp³-hybridized carbons (Fsp3) is 0.278. The van der Waals surface area contributed by atoms with Gasteiger partial charge in [0.2, 0.25) is 0 Å². The number of aliphatic carboxylic acids is 1. The first kappa shape index (κ1) is 15.1. The largest absolute Gasteiger partial charge is 0.478 e. The number of hydrogen-bond acceptors (Lipinski definition) is 2. The van der Waals surface area contributed by atoms with Crippen LogP contribution in [0.5, 0.6) is 5.75 Å². The van der Waals surface area contributed by atoms with Gasteiger partial charge in [0, 0.05) is 6.42 Å². The molecular formula is C18H20O3. The minimum atomic E-state index is -0.948. The molecule has 0 aliphatic carbocycles. The van der Waals surface area contributed by atoms with E-state index >= 15 is 0 Å². The lowest BCUT2D eigenvalue weighted by molar-refractivity contribution is -0.145. The number of carboxylic acid groups (broad SMARTS) is 1. The van der Waals surface area contributed by atoms with Crippen LogP contribution in [0.25, 0.3) is 0 Å². The predicted molar refractivity (Wildman–Crippen MR) is 82.9 cm³/mol. The summed E-state index contributed by atoms with van der Waals surface area (Å²) in [5.74, 6) is -0.344. The molecule has 0 aromatic heterocycles. The van der Waals surface area contributed by atoms with Gasteiger partial charge in [0.1, 0.15) is 5.75 Å². The molecule has 0 radical (unpaired) electrons. The van der Waals surface area contributed by atoms with Gasteiger partial charge in [0.05, 0.1) is 0 Å². The Morgan fingerprint density at radius 2 is 1.71 bits per heavy atom. The summed E-state index contributed by atoms with van der Waals surface area (Å²) in [6.07, 6.45) is -0.530. The fourth-order valence-electron chi connectivity index (χ4n) is 2.40. The van der Waals surface area contributed by atoms with Crippen LogP contribution in [-0.4, -0.2) is 17.2 Å². The van der Waals surface area contributed by atoms with Crippen LogP contribution in [0.4, 0.5) is 0 Å². The number of carboxylic acids is 1. The molecule has 0 unspecified atom stereocenters. The van der Waals surface area contributed by atoms with Gasteiger partial charge < -0.3 is 9.84 Å². The van der Waals surface area contributed by atoms with Gasteiger partial charge in [-0.2, -0.15) is 0 Å². The van der Waals surface area contributed by atoms with Gasteiger partial charge in [-0.3, -0.25) is 0 Å². The quantitative estimate of drug-likeness (QED) is 0.911. The van der Waals surface area contributed by atoms with Crippen LogP contribution in [0, 0.1) is 20.8 Å². The van der Waals surface area contributed by atoms with Gasteiger partial charge in [-0.25, -0.2) is 4.79 Å². The summed E-state index contributed by atoms with van der Waals surface area (Å²) in [5, 5.41) is 9.38. The predicted octanol–water partition coefficient (Wildman–Crippen LogP) is 3.69. The summed E-state index contributed by atoms with van der Waals surface area (Å²) >= 11 is 0. The Morgan fingerprint density at radius 3 is 2.29 bits per heavy atom. The maximum absolute atomic E-state index is 11.4. The molecule has 0 heterocycles. The molecule has 2 aromatic rings. The van der Waals surface area contributed by atoms with Gasteiger partial charge in [-0.15, -0.1) is 0 Å². The summed E-state index contributed by atoms with van der Waals surface area (Å²) in [6.45, 7) is 5.93. The number of ether oxygens (including phenoxy) is 1. The van der Waals surface area contributed by atoms with E-state index in [9.17, 15) is 9.90 Å². The minimum absolute atomic E-state index is 0.351. The van der Waals surface area contributed by atoms with E-state index < -0.39 is 12.1 Å². The lowest BCUT2D eigenvalue weighted by Crippen LogP contribution is -2.29. The minimum Gasteiger partial charge on any atom is -0.478 e. The number of benzene rings is 2.